The molecule has 0 saturated carbocycles. The third kappa shape index (κ3) is 5.82. The van der Waals surface area contributed by atoms with Crippen LogP contribution in [0.4, 0.5) is 0 Å². The number of carbonyl (C=O) groups excluding carboxylic acids is 1. The van der Waals surface area contributed by atoms with Crippen LogP contribution >= 0.6 is 11.3 Å². The molecule has 158 valence electrons. The first-order valence-electron chi connectivity index (χ1n) is 10.2. The fourth-order valence-corrected chi connectivity index (χ4v) is 3.87. The van der Waals surface area contributed by atoms with E-state index in [1.165, 1.54) is 5.56 Å². The van der Waals surface area contributed by atoms with Crippen LogP contribution in [-0.4, -0.2) is 32.6 Å². The SMILES string of the molecule is Cc1ccc(-c2nnc(CCC(=O)NCCCc3nc(-c4ccncc4)cs3)o2)cc1. The molecule has 0 aliphatic carbocycles. The lowest BCUT2D eigenvalue weighted by Crippen LogP contribution is -2.25. The van der Waals surface area contributed by atoms with E-state index >= 15 is 0 Å². The molecule has 0 bridgehead atoms. The number of rotatable bonds is 9. The molecule has 0 aliphatic rings. The predicted molar refractivity (Wildman–Crippen MR) is 119 cm³/mol. The van der Waals surface area contributed by atoms with Gasteiger partial charge < -0.3 is 9.73 Å². The van der Waals surface area contributed by atoms with Crippen molar-refractivity contribution < 1.29 is 9.21 Å². The van der Waals surface area contributed by atoms with E-state index in [4.69, 9.17) is 4.42 Å². The molecule has 4 rings (SSSR count). The molecule has 8 heteroatoms. The highest BCUT2D eigenvalue weighted by molar-refractivity contribution is 7.09. The van der Waals surface area contributed by atoms with Crippen molar-refractivity contribution in [3.05, 3.63) is 70.6 Å². The van der Waals surface area contributed by atoms with Crippen molar-refractivity contribution in [1.82, 2.24) is 25.5 Å². The zero-order valence-corrected chi connectivity index (χ0v) is 18.1. The number of pyridine rings is 1. The minimum Gasteiger partial charge on any atom is -0.421 e. The molecule has 31 heavy (non-hydrogen) atoms. The maximum absolute atomic E-state index is 12.1. The Hall–Kier alpha value is -3.39. The highest BCUT2D eigenvalue weighted by Crippen LogP contribution is 2.22. The largest absolute Gasteiger partial charge is 0.421 e. The van der Waals surface area contributed by atoms with Crippen LogP contribution in [0.15, 0.2) is 58.6 Å². The van der Waals surface area contributed by atoms with Gasteiger partial charge in [0.05, 0.1) is 10.7 Å². The van der Waals surface area contributed by atoms with E-state index in [9.17, 15) is 4.79 Å². The minimum atomic E-state index is -0.0216. The van der Waals surface area contributed by atoms with Crippen LogP contribution in [0, 0.1) is 6.92 Å². The molecule has 0 aliphatic heterocycles. The average Bonchev–Trinajstić information content (AvgIpc) is 3.46. The predicted octanol–water partition coefficient (Wildman–Crippen LogP) is 4.25. The number of aryl methyl sites for hydroxylation is 3. The van der Waals surface area contributed by atoms with Crippen molar-refractivity contribution in [2.24, 2.45) is 0 Å². The minimum absolute atomic E-state index is 0.0216. The van der Waals surface area contributed by atoms with E-state index in [1.807, 2.05) is 43.3 Å². The maximum Gasteiger partial charge on any atom is 0.247 e. The summed E-state index contributed by atoms with van der Waals surface area (Å²) in [5.74, 6) is 0.925. The monoisotopic (exact) mass is 433 g/mol. The highest BCUT2D eigenvalue weighted by atomic mass is 32.1. The van der Waals surface area contributed by atoms with E-state index in [0.29, 0.717) is 31.2 Å². The number of thiazole rings is 1. The average molecular weight is 434 g/mol. The Morgan fingerprint density at radius 2 is 1.84 bits per heavy atom. The topological polar surface area (TPSA) is 93.8 Å². The zero-order chi connectivity index (χ0) is 21.5. The number of benzene rings is 1. The lowest BCUT2D eigenvalue weighted by molar-refractivity contribution is -0.121. The van der Waals surface area contributed by atoms with Crippen LogP contribution in [0.5, 0.6) is 0 Å². The molecule has 4 aromatic rings. The second-order valence-electron chi connectivity index (χ2n) is 7.18. The number of hydrogen-bond donors (Lipinski definition) is 1. The number of nitrogens with zero attached hydrogens (tertiary/aromatic N) is 4. The fourth-order valence-electron chi connectivity index (χ4n) is 3.02. The molecule has 0 atom stereocenters. The van der Waals surface area contributed by atoms with Gasteiger partial charge in [0.2, 0.25) is 17.7 Å². The molecule has 0 spiro atoms. The van der Waals surface area contributed by atoms with Gasteiger partial charge >= 0.3 is 0 Å². The Kier molecular flexibility index (Phi) is 6.78. The third-order valence-electron chi connectivity index (χ3n) is 4.75. The first-order valence-corrected chi connectivity index (χ1v) is 11.1. The Labute approximate surface area is 184 Å². The molecular weight excluding hydrogens is 410 g/mol. The second kappa shape index (κ2) is 10.1. The van der Waals surface area contributed by atoms with Crippen LogP contribution in [0.25, 0.3) is 22.7 Å². The smallest absolute Gasteiger partial charge is 0.247 e. The van der Waals surface area contributed by atoms with Gasteiger partial charge in [0.1, 0.15) is 0 Å². The molecule has 1 amide bonds. The van der Waals surface area contributed by atoms with Crippen LogP contribution < -0.4 is 5.32 Å². The molecule has 3 aromatic heterocycles. The molecule has 0 radical (unpaired) electrons. The summed E-state index contributed by atoms with van der Waals surface area (Å²) in [6.45, 7) is 2.64. The Balaban J connectivity index is 1.17. The molecule has 7 nitrogen and oxygen atoms in total. The van der Waals surface area contributed by atoms with Gasteiger partial charge in [0.15, 0.2) is 0 Å². The Morgan fingerprint density at radius 3 is 2.65 bits per heavy atom. The second-order valence-corrected chi connectivity index (χ2v) is 8.13. The summed E-state index contributed by atoms with van der Waals surface area (Å²) >= 11 is 1.64. The summed E-state index contributed by atoms with van der Waals surface area (Å²) in [6.07, 6.45) is 5.95. The van der Waals surface area contributed by atoms with Crippen LogP contribution in [0.2, 0.25) is 0 Å². The molecule has 1 N–H and O–H groups in total. The van der Waals surface area contributed by atoms with Gasteiger partial charge in [0, 0.05) is 54.7 Å². The Morgan fingerprint density at radius 1 is 1.03 bits per heavy atom. The first-order chi connectivity index (χ1) is 15.2. The summed E-state index contributed by atoms with van der Waals surface area (Å²) in [5.41, 5.74) is 4.08. The van der Waals surface area contributed by atoms with Crippen LogP contribution in [0.3, 0.4) is 0 Å². The molecule has 0 unspecified atom stereocenters. The molecule has 3 heterocycles. The number of nitrogens with one attached hydrogen (secondary N) is 1. The summed E-state index contributed by atoms with van der Waals surface area (Å²) in [5, 5.41) is 14.2. The summed E-state index contributed by atoms with van der Waals surface area (Å²) in [4.78, 5) is 20.8. The fraction of sp³-hybridized carbons (Fsp3) is 0.261. The van der Waals surface area contributed by atoms with Crippen molar-refractivity contribution in [3.63, 3.8) is 0 Å². The van der Waals surface area contributed by atoms with Gasteiger partial charge in [0.25, 0.3) is 0 Å². The lowest BCUT2D eigenvalue weighted by Gasteiger charge is -2.03. The van der Waals surface area contributed by atoms with Crippen LogP contribution in [-0.2, 0) is 17.6 Å². The zero-order valence-electron chi connectivity index (χ0n) is 17.2. The van der Waals surface area contributed by atoms with E-state index < -0.39 is 0 Å². The molecule has 0 fully saturated rings. The number of aromatic nitrogens is 4. The first kappa shape index (κ1) is 20.9. The van der Waals surface area contributed by atoms with Gasteiger partial charge in [-0.1, -0.05) is 17.7 Å². The van der Waals surface area contributed by atoms with E-state index in [2.05, 4.69) is 30.9 Å². The van der Waals surface area contributed by atoms with Gasteiger partial charge in [-0.25, -0.2) is 4.98 Å². The van der Waals surface area contributed by atoms with Crippen molar-refractivity contribution in [2.45, 2.75) is 32.6 Å². The standard InChI is InChI=1S/C23H23N5O2S/c1-16-4-6-18(7-5-16)23-28-27-21(30-23)9-8-20(29)25-12-2-3-22-26-19(15-31-22)17-10-13-24-14-11-17/h4-7,10-11,13-15H,2-3,8-9,12H2,1H3,(H,25,29). The summed E-state index contributed by atoms with van der Waals surface area (Å²) in [7, 11) is 0. The van der Waals surface area contributed by atoms with Crippen molar-refractivity contribution in [3.8, 4) is 22.7 Å². The maximum atomic E-state index is 12.1. The lowest BCUT2D eigenvalue weighted by atomic mass is 10.1. The number of hydrogen-bond acceptors (Lipinski definition) is 7. The van der Waals surface area contributed by atoms with Gasteiger partial charge in [-0.15, -0.1) is 21.5 Å². The normalized spacial score (nSPS) is 10.9. The van der Waals surface area contributed by atoms with E-state index in [-0.39, 0.29) is 5.91 Å². The van der Waals surface area contributed by atoms with Crippen molar-refractivity contribution in [1.29, 1.82) is 0 Å². The van der Waals surface area contributed by atoms with Gasteiger partial charge in [-0.2, -0.15) is 0 Å². The van der Waals surface area contributed by atoms with Crippen molar-refractivity contribution in [2.75, 3.05) is 6.54 Å². The van der Waals surface area contributed by atoms with Crippen LogP contribution in [0.1, 0.15) is 29.3 Å². The Bertz CT molecular complexity index is 1120. The van der Waals surface area contributed by atoms with Gasteiger partial charge in [-0.05, 0) is 37.6 Å². The molecule has 1 aromatic carbocycles. The third-order valence-corrected chi connectivity index (χ3v) is 5.66. The summed E-state index contributed by atoms with van der Waals surface area (Å²) < 4.78 is 5.67. The summed E-state index contributed by atoms with van der Waals surface area (Å²) in [6, 6.07) is 11.8. The van der Waals surface area contributed by atoms with E-state index in [0.717, 1.165) is 34.7 Å². The van der Waals surface area contributed by atoms with Crippen molar-refractivity contribution >= 4 is 17.2 Å². The quantitative estimate of drug-likeness (QED) is 0.397. The van der Waals surface area contributed by atoms with E-state index in [1.54, 1.807) is 23.7 Å². The highest BCUT2D eigenvalue weighted by Gasteiger charge is 2.11. The number of amides is 1. The molecule has 0 saturated heterocycles. The molecular formula is C23H23N5O2S. The number of carbonyl (C=O) groups is 1. The van der Waals surface area contributed by atoms with Gasteiger partial charge in [-0.3, -0.25) is 9.78 Å².